The van der Waals surface area contributed by atoms with E-state index in [9.17, 15) is 0 Å². The van der Waals surface area contributed by atoms with E-state index in [1.54, 1.807) is 0 Å². The van der Waals surface area contributed by atoms with Gasteiger partial charge in [-0.15, -0.1) is 0 Å². The molecule has 76 valence electrons. The predicted octanol–water partition coefficient (Wildman–Crippen LogP) is 2.31. The molecule has 0 heterocycles. The molecule has 2 fully saturated rings. The highest BCUT2D eigenvalue weighted by atomic mass is 28.2. The molecule has 2 aliphatic carbocycles. The van der Waals surface area contributed by atoms with E-state index >= 15 is 0 Å². The minimum atomic E-state index is 0.102. The van der Waals surface area contributed by atoms with Crippen LogP contribution < -0.4 is 0 Å². The van der Waals surface area contributed by atoms with E-state index in [0.717, 1.165) is 12.1 Å². The smallest absolute Gasteiger partial charge is 0.0926 e. The molecule has 0 unspecified atom stereocenters. The average molecular weight is 197 g/mol. The summed E-state index contributed by atoms with van der Waals surface area (Å²) in [5.74, 6) is 0. The van der Waals surface area contributed by atoms with Crippen LogP contribution in [0.5, 0.6) is 0 Å². The van der Waals surface area contributed by atoms with Crippen molar-refractivity contribution in [2.75, 3.05) is 0 Å². The third-order valence-electron chi connectivity index (χ3n) is 3.95. The highest BCUT2D eigenvalue weighted by Gasteiger charge is 2.28. The minimum Gasteiger partial charge on any atom is -0.324 e. The molecule has 0 aromatic heterocycles. The van der Waals surface area contributed by atoms with Crippen molar-refractivity contribution in [2.24, 2.45) is 0 Å². The Bertz CT molecular complexity index is 132. The third-order valence-corrected chi connectivity index (χ3v) is 5.72. The van der Waals surface area contributed by atoms with Gasteiger partial charge >= 0.3 is 0 Å². The zero-order valence-corrected chi connectivity index (χ0v) is 10.4. The Morgan fingerprint density at radius 2 is 1.23 bits per heavy atom. The van der Waals surface area contributed by atoms with Crippen molar-refractivity contribution in [3.05, 3.63) is 0 Å². The van der Waals surface area contributed by atoms with Crippen LogP contribution in [0, 0.1) is 0 Å². The molecule has 13 heavy (non-hydrogen) atoms. The second-order valence-electron chi connectivity index (χ2n) is 4.71. The molecule has 0 bridgehead atoms. The molecule has 0 atom stereocenters. The Hall–Kier alpha value is 0.177. The summed E-state index contributed by atoms with van der Waals surface area (Å²) in [6.07, 6.45) is 12.1. The van der Waals surface area contributed by atoms with Gasteiger partial charge in [-0.05, 0) is 25.7 Å². The van der Waals surface area contributed by atoms with Gasteiger partial charge in [0.15, 0.2) is 0 Å². The number of hydrogen-bond donors (Lipinski definition) is 0. The van der Waals surface area contributed by atoms with Gasteiger partial charge in [-0.1, -0.05) is 32.2 Å². The second-order valence-corrected chi connectivity index (χ2v) is 6.07. The predicted molar refractivity (Wildman–Crippen MR) is 60.8 cm³/mol. The van der Waals surface area contributed by atoms with Crippen LogP contribution in [-0.4, -0.2) is 26.3 Å². The first-order valence-corrected chi connectivity index (χ1v) is 8.22. The summed E-state index contributed by atoms with van der Waals surface area (Å²) < 4.78 is 2.94. The summed E-state index contributed by atoms with van der Waals surface area (Å²) >= 11 is 0. The molecule has 0 saturated heterocycles. The van der Waals surface area contributed by atoms with E-state index in [1.165, 1.54) is 51.4 Å². The maximum absolute atomic E-state index is 2.94. The molecule has 0 aromatic rings. The summed E-state index contributed by atoms with van der Waals surface area (Å²) in [7, 11) is 0.102. The molecule has 0 amide bonds. The SMILES string of the molecule is C[SiH2]N(C1CCCC1)C1CCCC1. The van der Waals surface area contributed by atoms with E-state index in [2.05, 4.69) is 11.1 Å². The zero-order chi connectivity index (χ0) is 9.10. The molecule has 0 aromatic carbocycles. The van der Waals surface area contributed by atoms with Gasteiger partial charge in [0.1, 0.15) is 0 Å². The largest absolute Gasteiger partial charge is 0.324 e. The number of rotatable bonds is 3. The Balaban J connectivity index is 1.90. The van der Waals surface area contributed by atoms with Gasteiger partial charge in [-0.2, -0.15) is 0 Å². The zero-order valence-electron chi connectivity index (χ0n) is 8.97. The molecule has 2 aliphatic rings. The van der Waals surface area contributed by atoms with Crippen molar-refractivity contribution in [2.45, 2.75) is 70.0 Å². The fourth-order valence-corrected chi connectivity index (χ4v) is 5.05. The Kier molecular flexibility index (Phi) is 3.44. The third kappa shape index (κ3) is 2.16. The molecular formula is C11H23NSi. The fraction of sp³-hybridized carbons (Fsp3) is 1.00. The topological polar surface area (TPSA) is 3.24 Å². The average Bonchev–Trinajstić information content (AvgIpc) is 2.76. The Labute approximate surface area is 84.8 Å². The quantitative estimate of drug-likeness (QED) is 0.628. The molecule has 0 spiro atoms. The van der Waals surface area contributed by atoms with Crippen LogP contribution >= 0.6 is 0 Å². The van der Waals surface area contributed by atoms with Gasteiger partial charge in [-0.25, -0.2) is 0 Å². The minimum absolute atomic E-state index is 0.102. The summed E-state index contributed by atoms with van der Waals surface area (Å²) in [6, 6.07) is 2.03. The van der Waals surface area contributed by atoms with Crippen LogP contribution in [-0.2, 0) is 0 Å². The molecule has 2 saturated carbocycles. The first-order chi connectivity index (χ1) is 6.42. The van der Waals surface area contributed by atoms with Gasteiger partial charge < -0.3 is 4.57 Å². The Morgan fingerprint density at radius 3 is 1.54 bits per heavy atom. The number of hydrogen-bond acceptors (Lipinski definition) is 1. The molecule has 0 radical (unpaired) electrons. The maximum atomic E-state index is 2.94. The highest BCUT2D eigenvalue weighted by Crippen LogP contribution is 2.30. The van der Waals surface area contributed by atoms with Gasteiger partial charge in [0.2, 0.25) is 0 Å². The van der Waals surface area contributed by atoms with Crippen LogP contribution in [0.2, 0.25) is 6.55 Å². The lowest BCUT2D eigenvalue weighted by Crippen LogP contribution is -2.42. The lowest BCUT2D eigenvalue weighted by atomic mass is 10.2. The van der Waals surface area contributed by atoms with E-state index in [-0.39, 0.29) is 9.68 Å². The monoisotopic (exact) mass is 197 g/mol. The van der Waals surface area contributed by atoms with Crippen LogP contribution in [0.3, 0.4) is 0 Å². The molecule has 0 aliphatic heterocycles. The van der Waals surface area contributed by atoms with Crippen molar-refractivity contribution in [1.82, 2.24) is 4.57 Å². The fourth-order valence-electron chi connectivity index (χ4n) is 3.29. The van der Waals surface area contributed by atoms with Crippen LogP contribution in [0.15, 0.2) is 0 Å². The van der Waals surface area contributed by atoms with Gasteiger partial charge in [0.25, 0.3) is 0 Å². The van der Waals surface area contributed by atoms with E-state index < -0.39 is 0 Å². The first-order valence-electron chi connectivity index (χ1n) is 6.17. The lowest BCUT2D eigenvalue weighted by Gasteiger charge is -2.33. The van der Waals surface area contributed by atoms with Crippen molar-refractivity contribution in [3.63, 3.8) is 0 Å². The normalized spacial score (nSPS) is 27.2. The first kappa shape index (κ1) is 9.72. The Morgan fingerprint density at radius 1 is 0.846 bits per heavy atom. The van der Waals surface area contributed by atoms with E-state index in [0.29, 0.717) is 0 Å². The lowest BCUT2D eigenvalue weighted by molar-refractivity contribution is 0.258. The van der Waals surface area contributed by atoms with Crippen molar-refractivity contribution < 1.29 is 0 Å². The summed E-state index contributed by atoms with van der Waals surface area (Å²) in [6.45, 7) is 2.48. The molecule has 0 N–H and O–H groups in total. The van der Waals surface area contributed by atoms with Crippen molar-refractivity contribution in [3.8, 4) is 0 Å². The number of nitrogens with zero attached hydrogens (tertiary/aromatic N) is 1. The van der Waals surface area contributed by atoms with Gasteiger partial charge in [0, 0.05) is 12.1 Å². The van der Waals surface area contributed by atoms with Crippen LogP contribution in [0.25, 0.3) is 0 Å². The molecule has 1 nitrogen and oxygen atoms in total. The van der Waals surface area contributed by atoms with Crippen molar-refractivity contribution >= 4 is 9.68 Å². The van der Waals surface area contributed by atoms with Crippen LogP contribution in [0.4, 0.5) is 0 Å². The second kappa shape index (κ2) is 4.60. The molecule has 2 heteroatoms. The molecule has 2 rings (SSSR count). The van der Waals surface area contributed by atoms with E-state index in [4.69, 9.17) is 0 Å². The van der Waals surface area contributed by atoms with E-state index in [1.807, 2.05) is 0 Å². The maximum Gasteiger partial charge on any atom is 0.0926 e. The highest BCUT2D eigenvalue weighted by molar-refractivity contribution is 6.30. The summed E-state index contributed by atoms with van der Waals surface area (Å²) in [5.41, 5.74) is 0. The van der Waals surface area contributed by atoms with Crippen molar-refractivity contribution in [1.29, 1.82) is 0 Å². The molecular weight excluding hydrogens is 174 g/mol. The summed E-state index contributed by atoms with van der Waals surface area (Å²) in [5, 5.41) is 0. The standard InChI is InChI=1S/C11H23NSi/c1-13-12(10-6-2-3-7-10)11-8-4-5-9-11/h10-11H,2-9,13H2,1H3. The van der Waals surface area contributed by atoms with Crippen LogP contribution in [0.1, 0.15) is 51.4 Å². The van der Waals surface area contributed by atoms with Gasteiger partial charge in [-0.3, -0.25) is 0 Å². The summed E-state index contributed by atoms with van der Waals surface area (Å²) in [4.78, 5) is 0. The van der Waals surface area contributed by atoms with Gasteiger partial charge in [0.05, 0.1) is 9.68 Å².